The number of carbonyl (C=O) groups is 1. The van der Waals surface area contributed by atoms with Gasteiger partial charge in [-0.05, 0) is 66.1 Å². The van der Waals surface area contributed by atoms with Crippen molar-refractivity contribution in [3.63, 3.8) is 0 Å². The van der Waals surface area contributed by atoms with Crippen LogP contribution in [-0.2, 0) is 11.0 Å². The number of nitrogen functional groups attached to an aromatic ring is 1. The Kier molecular flexibility index (Phi) is 8.31. The fraction of sp³-hybridized carbons (Fsp3) is 0.393. The van der Waals surface area contributed by atoms with Crippen LogP contribution < -0.4 is 20.7 Å². The SMILES string of the molecule is Nc1nc(O[C@H](c2ccc(Cl)cc2-c2cc(F)cc(C(F)(F)F)c2)C(F)(F)F)cc(N2CCC3(CC2)CNC(C(=O)O)C3)n1. The Morgan fingerprint density at radius 2 is 1.80 bits per heavy atom. The van der Waals surface area contributed by atoms with Gasteiger partial charge in [0.1, 0.15) is 17.7 Å². The first kappa shape index (κ1) is 31.6. The number of nitrogens with zero attached hydrogens (tertiary/aromatic N) is 3. The number of nitrogens with one attached hydrogen (secondary N) is 1. The number of carboxylic acids is 1. The third kappa shape index (κ3) is 6.78. The normalized spacial score (nSPS) is 19.3. The molecule has 1 unspecified atom stereocenters. The lowest BCUT2D eigenvalue weighted by atomic mass is 9.76. The zero-order chi connectivity index (χ0) is 32.0. The molecule has 3 heterocycles. The molecule has 0 radical (unpaired) electrons. The number of aromatic nitrogens is 2. The lowest BCUT2D eigenvalue weighted by Crippen LogP contribution is -2.41. The molecule has 2 aliphatic heterocycles. The van der Waals surface area contributed by atoms with Crippen molar-refractivity contribution >= 4 is 29.3 Å². The van der Waals surface area contributed by atoms with E-state index in [0.717, 1.165) is 18.2 Å². The maximum absolute atomic E-state index is 14.5. The van der Waals surface area contributed by atoms with Crippen LogP contribution in [0.3, 0.4) is 0 Å². The van der Waals surface area contributed by atoms with Crippen molar-refractivity contribution in [3.8, 4) is 17.0 Å². The van der Waals surface area contributed by atoms with Gasteiger partial charge in [-0.1, -0.05) is 17.7 Å². The number of carboxylic acid groups (broad SMARTS) is 1. The molecule has 5 rings (SSSR count). The van der Waals surface area contributed by atoms with E-state index in [4.69, 9.17) is 22.1 Å². The van der Waals surface area contributed by atoms with Crippen molar-refractivity contribution < 1.29 is 45.4 Å². The minimum Gasteiger partial charge on any atom is -0.480 e. The van der Waals surface area contributed by atoms with Crippen LogP contribution in [0.2, 0.25) is 5.02 Å². The van der Waals surface area contributed by atoms with E-state index in [1.807, 2.05) is 0 Å². The van der Waals surface area contributed by atoms with Crippen molar-refractivity contribution in [2.45, 2.75) is 43.8 Å². The van der Waals surface area contributed by atoms with E-state index >= 15 is 0 Å². The zero-order valence-electron chi connectivity index (χ0n) is 22.6. The van der Waals surface area contributed by atoms with Gasteiger partial charge in [0.25, 0.3) is 0 Å². The Balaban J connectivity index is 1.45. The number of piperidine rings is 1. The summed E-state index contributed by atoms with van der Waals surface area (Å²) in [4.78, 5) is 21.1. The first-order valence-corrected chi connectivity index (χ1v) is 13.7. The molecule has 236 valence electrons. The van der Waals surface area contributed by atoms with E-state index < -0.39 is 64.4 Å². The molecule has 44 heavy (non-hydrogen) atoms. The molecule has 16 heteroatoms. The van der Waals surface area contributed by atoms with Gasteiger partial charge in [0.05, 0.1) is 5.56 Å². The summed E-state index contributed by atoms with van der Waals surface area (Å²) in [5, 5.41) is 12.2. The highest BCUT2D eigenvalue weighted by Crippen LogP contribution is 2.44. The van der Waals surface area contributed by atoms with Crippen LogP contribution in [0.1, 0.15) is 36.5 Å². The Morgan fingerprint density at radius 1 is 1.09 bits per heavy atom. The van der Waals surface area contributed by atoms with Crippen molar-refractivity contribution in [2.75, 3.05) is 30.3 Å². The monoisotopic (exact) mass is 647 g/mol. The van der Waals surface area contributed by atoms with Crippen LogP contribution in [0.4, 0.5) is 42.5 Å². The van der Waals surface area contributed by atoms with E-state index in [0.29, 0.717) is 51.0 Å². The molecular formula is C28H25ClF7N5O3. The third-order valence-electron chi connectivity index (χ3n) is 7.88. The standard InChI is InChI=1S/C28H25ClF7N5O3/c29-16-1-2-18(19(10-16)14-7-15(27(31,32)33)9-17(30)8-14)23(28(34,35)36)44-22-11-21(39-25(37)40-22)41-5-3-26(4-6-41)12-20(24(42)43)38-13-26/h1-2,7-11,20,23,38H,3-6,12-13H2,(H,42,43)(H2,37,39,40)/t20?,23-/m1/s1. The van der Waals surface area contributed by atoms with Gasteiger partial charge in [0.2, 0.25) is 17.9 Å². The summed E-state index contributed by atoms with van der Waals surface area (Å²) in [7, 11) is 0. The quantitative estimate of drug-likeness (QED) is 0.269. The number of halogens is 8. The van der Waals surface area contributed by atoms with E-state index in [1.165, 1.54) is 6.07 Å². The number of nitrogens with two attached hydrogens (primary N) is 1. The maximum atomic E-state index is 14.5. The second-order valence-corrected chi connectivity index (χ2v) is 11.3. The smallest absolute Gasteiger partial charge is 0.429 e. The zero-order valence-corrected chi connectivity index (χ0v) is 23.4. The molecule has 0 saturated carbocycles. The summed E-state index contributed by atoms with van der Waals surface area (Å²) in [6.45, 7) is 1.34. The van der Waals surface area contributed by atoms with E-state index in [1.54, 1.807) is 4.90 Å². The Labute approximate surface area is 251 Å². The van der Waals surface area contributed by atoms with Gasteiger partial charge in [-0.25, -0.2) is 4.39 Å². The van der Waals surface area contributed by atoms with Crippen molar-refractivity contribution in [3.05, 3.63) is 64.4 Å². The lowest BCUT2D eigenvalue weighted by Gasteiger charge is -2.39. The van der Waals surface area contributed by atoms with Gasteiger partial charge in [0.15, 0.2) is 0 Å². The van der Waals surface area contributed by atoms with Crippen LogP contribution in [-0.4, -0.2) is 52.9 Å². The van der Waals surface area contributed by atoms with E-state index in [9.17, 15) is 40.6 Å². The summed E-state index contributed by atoms with van der Waals surface area (Å²) in [6.07, 6.45) is -11.2. The summed E-state index contributed by atoms with van der Waals surface area (Å²) in [5.74, 6) is -3.01. The Morgan fingerprint density at radius 3 is 2.41 bits per heavy atom. The van der Waals surface area contributed by atoms with Gasteiger partial charge >= 0.3 is 18.3 Å². The molecule has 2 aliphatic rings. The number of hydrogen-bond donors (Lipinski definition) is 3. The van der Waals surface area contributed by atoms with Crippen LogP contribution in [0, 0.1) is 11.2 Å². The van der Waals surface area contributed by atoms with Crippen LogP contribution in [0.15, 0.2) is 42.5 Å². The number of aliphatic carboxylic acids is 1. The average molecular weight is 648 g/mol. The molecule has 2 aromatic carbocycles. The average Bonchev–Trinajstić information content (AvgIpc) is 3.34. The number of benzene rings is 2. The van der Waals surface area contributed by atoms with Gasteiger partial charge in [-0.3, -0.25) is 4.79 Å². The topological polar surface area (TPSA) is 114 Å². The molecule has 2 atom stereocenters. The summed E-state index contributed by atoms with van der Waals surface area (Å²) in [5.41, 5.74) is 2.61. The Bertz CT molecular complexity index is 1560. The molecule has 2 saturated heterocycles. The molecule has 3 aromatic rings. The highest BCUT2D eigenvalue weighted by molar-refractivity contribution is 6.30. The second-order valence-electron chi connectivity index (χ2n) is 10.9. The fourth-order valence-electron chi connectivity index (χ4n) is 5.68. The van der Waals surface area contributed by atoms with Gasteiger partial charge in [-0.15, -0.1) is 0 Å². The molecule has 8 nitrogen and oxygen atoms in total. The predicted octanol–water partition coefficient (Wildman–Crippen LogP) is 6.25. The number of alkyl halides is 6. The van der Waals surface area contributed by atoms with Crippen molar-refractivity contribution in [1.29, 1.82) is 0 Å². The molecule has 0 aliphatic carbocycles. The number of hydrogen-bond acceptors (Lipinski definition) is 7. The largest absolute Gasteiger partial charge is 0.480 e. The fourth-order valence-corrected chi connectivity index (χ4v) is 5.85. The van der Waals surface area contributed by atoms with Crippen LogP contribution in [0.5, 0.6) is 5.88 Å². The van der Waals surface area contributed by atoms with Gasteiger partial charge in [-0.2, -0.15) is 36.3 Å². The first-order chi connectivity index (χ1) is 20.5. The minimum atomic E-state index is -5.11. The Hall–Kier alpha value is -3.85. The number of ether oxygens (including phenoxy) is 1. The molecular weight excluding hydrogens is 623 g/mol. The number of anilines is 2. The summed E-state index contributed by atoms with van der Waals surface area (Å²) >= 11 is 6.00. The highest BCUT2D eigenvalue weighted by Gasteiger charge is 2.46. The van der Waals surface area contributed by atoms with Crippen molar-refractivity contribution in [1.82, 2.24) is 15.3 Å². The molecule has 1 spiro atoms. The van der Waals surface area contributed by atoms with Gasteiger partial charge in [0, 0.05) is 36.3 Å². The molecule has 0 bridgehead atoms. The summed E-state index contributed by atoms with van der Waals surface area (Å²) in [6, 6.07) is 4.96. The molecule has 0 amide bonds. The van der Waals surface area contributed by atoms with E-state index in [2.05, 4.69) is 15.3 Å². The third-order valence-corrected chi connectivity index (χ3v) is 8.12. The first-order valence-electron chi connectivity index (χ1n) is 13.3. The highest BCUT2D eigenvalue weighted by atomic mass is 35.5. The van der Waals surface area contributed by atoms with Crippen molar-refractivity contribution in [2.24, 2.45) is 5.41 Å². The molecule has 1 aromatic heterocycles. The predicted molar refractivity (Wildman–Crippen MR) is 146 cm³/mol. The maximum Gasteiger partial charge on any atom is 0.429 e. The van der Waals surface area contributed by atoms with E-state index in [-0.39, 0.29) is 28.3 Å². The number of rotatable bonds is 6. The lowest BCUT2D eigenvalue weighted by molar-refractivity contribution is -0.198. The van der Waals surface area contributed by atoms with Crippen LogP contribution >= 0.6 is 11.6 Å². The molecule has 4 N–H and O–H groups in total. The second kappa shape index (κ2) is 11.6. The summed E-state index contributed by atoms with van der Waals surface area (Å²) < 4.78 is 103. The van der Waals surface area contributed by atoms with Gasteiger partial charge < -0.3 is 25.8 Å². The molecule has 2 fully saturated rings. The van der Waals surface area contributed by atoms with Crippen LogP contribution in [0.25, 0.3) is 11.1 Å². The minimum absolute atomic E-state index is 0.105.